The van der Waals surface area contributed by atoms with E-state index in [-0.39, 0.29) is 0 Å². The number of aryl methyl sites for hydroxylation is 2. The summed E-state index contributed by atoms with van der Waals surface area (Å²) in [5.41, 5.74) is 3.13. The highest BCUT2D eigenvalue weighted by atomic mass is 15.0. The molecule has 0 saturated heterocycles. The molecule has 1 heterocycles. The van der Waals surface area contributed by atoms with Gasteiger partial charge in [-0.3, -0.25) is 4.98 Å². The van der Waals surface area contributed by atoms with Crippen LogP contribution in [0.15, 0.2) is 18.3 Å². The van der Waals surface area contributed by atoms with Gasteiger partial charge in [0.15, 0.2) is 0 Å². The molecule has 1 aromatic heterocycles. The van der Waals surface area contributed by atoms with E-state index in [0.29, 0.717) is 0 Å². The number of hydrogen-bond acceptors (Lipinski definition) is 3. The van der Waals surface area contributed by atoms with E-state index in [1.165, 1.54) is 5.57 Å². The van der Waals surface area contributed by atoms with Crippen LogP contribution in [-0.4, -0.2) is 16.5 Å². The van der Waals surface area contributed by atoms with Crippen molar-refractivity contribution >= 4 is 5.82 Å². The lowest BCUT2D eigenvalue weighted by molar-refractivity contribution is 0.968. The molecule has 0 aliphatic heterocycles. The van der Waals surface area contributed by atoms with E-state index < -0.39 is 0 Å². The Morgan fingerprint density at radius 3 is 2.71 bits per heavy atom. The van der Waals surface area contributed by atoms with Gasteiger partial charge in [0.25, 0.3) is 0 Å². The first-order valence-electron chi connectivity index (χ1n) is 4.78. The molecule has 1 aromatic rings. The van der Waals surface area contributed by atoms with Crippen LogP contribution in [-0.2, 0) is 0 Å². The molecule has 3 nitrogen and oxygen atoms in total. The molecular formula is C11H17N3. The molecule has 1 N–H and O–H groups in total. The Kier molecular flexibility index (Phi) is 3.63. The van der Waals surface area contributed by atoms with Gasteiger partial charge in [-0.05, 0) is 27.2 Å². The van der Waals surface area contributed by atoms with E-state index in [2.05, 4.69) is 21.9 Å². The zero-order chi connectivity index (χ0) is 10.6. The van der Waals surface area contributed by atoms with Crippen LogP contribution < -0.4 is 5.32 Å². The molecule has 0 aliphatic rings. The maximum Gasteiger partial charge on any atom is 0.144 e. The lowest BCUT2D eigenvalue weighted by Gasteiger charge is -2.06. The third-order valence-corrected chi connectivity index (χ3v) is 2.05. The van der Waals surface area contributed by atoms with Crippen LogP contribution in [0.4, 0.5) is 5.82 Å². The highest BCUT2D eigenvalue weighted by molar-refractivity contribution is 5.33. The number of nitrogens with one attached hydrogen (secondary N) is 1. The van der Waals surface area contributed by atoms with Crippen molar-refractivity contribution in [3.8, 4) is 0 Å². The molecule has 0 radical (unpaired) electrons. The van der Waals surface area contributed by atoms with E-state index >= 15 is 0 Å². The molecule has 1 rings (SSSR count). The zero-order valence-electron chi connectivity index (χ0n) is 9.09. The summed E-state index contributed by atoms with van der Waals surface area (Å²) >= 11 is 0. The number of aromatic nitrogens is 2. The highest BCUT2D eigenvalue weighted by Gasteiger charge is 1.97. The summed E-state index contributed by atoms with van der Waals surface area (Å²) in [4.78, 5) is 8.60. The first kappa shape index (κ1) is 10.7. The number of hydrogen-bond donors (Lipinski definition) is 1. The molecule has 0 spiro atoms. The van der Waals surface area contributed by atoms with Gasteiger partial charge in [0.2, 0.25) is 0 Å². The van der Waals surface area contributed by atoms with Crippen molar-refractivity contribution in [3.63, 3.8) is 0 Å². The Hall–Kier alpha value is -1.38. The Morgan fingerprint density at radius 1 is 1.43 bits per heavy atom. The number of nitrogens with zero attached hydrogens (tertiary/aromatic N) is 2. The second kappa shape index (κ2) is 4.74. The van der Waals surface area contributed by atoms with Gasteiger partial charge in [-0.15, -0.1) is 6.58 Å². The summed E-state index contributed by atoms with van der Waals surface area (Å²) < 4.78 is 0. The first-order valence-corrected chi connectivity index (χ1v) is 4.78. The van der Waals surface area contributed by atoms with Gasteiger partial charge in [-0.25, -0.2) is 4.98 Å². The average molecular weight is 191 g/mol. The molecular weight excluding hydrogens is 174 g/mol. The third-order valence-electron chi connectivity index (χ3n) is 2.05. The quantitative estimate of drug-likeness (QED) is 0.743. The molecule has 14 heavy (non-hydrogen) atoms. The topological polar surface area (TPSA) is 37.8 Å². The molecule has 0 aliphatic carbocycles. The van der Waals surface area contributed by atoms with Crippen molar-refractivity contribution in [2.75, 3.05) is 11.9 Å². The fraction of sp³-hybridized carbons (Fsp3) is 0.455. The molecule has 0 aromatic carbocycles. The molecule has 0 saturated carbocycles. The summed E-state index contributed by atoms with van der Waals surface area (Å²) in [7, 11) is 0. The van der Waals surface area contributed by atoms with Crippen molar-refractivity contribution in [3.05, 3.63) is 29.7 Å². The van der Waals surface area contributed by atoms with Gasteiger partial charge in [0, 0.05) is 6.54 Å². The normalized spacial score (nSPS) is 9.93. The Balaban J connectivity index is 2.51. The monoisotopic (exact) mass is 191 g/mol. The second-order valence-corrected chi connectivity index (χ2v) is 3.56. The molecule has 0 bridgehead atoms. The smallest absolute Gasteiger partial charge is 0.144 e. The standard InChI is InChI=1S/C11H17N3/c1-8(2)5-6-12-11-7-13-9(3)10(4)14-11/h7H,1,5-6H2,2-4H3,(H,12,14). The Morgan fingerprint density at radius 2 is 2.14 bits per heavy atom. The molecule has 3 heteroatoms. The maximum atomic E-state index is 4.37. The summed E-state index contributed by atoms with van der Waals surface area (Å²) in [5, 5.41) is 3.21. The van der Waals surface area contributed by atoms with Crippen molar-refractivity contribution in [1.29, 1.82) is 0 Å². The SMILES string of the molecule is C=C(C)CCNc1cnc(C)c(C)n1. The van der Waals surface area contributed by atoms with E-state index in [9.17, 15) is 0 Å². The second-order valence-electron chi connectivity index (χ2n) is 3.56. The van der Waals surface area contributed by atoms with Crippen molar-refractivity contribution in [2.24, 2.45) is 0 Å². The van der Waals surface area contributed by atoms with Crippen LogP contribution >= 0.6 is 0 Å². The van der Waals surface area contributed by atoms with Crippen LogP contribution in [0.25, 0.3) is 0 Å². The number of rotatable bonds is 4. The van der Waals surface area contributed by atoms with Gasteiger partial charge in [0.05, 0.1) is 17.6 Å². The van der Waals surface area contributed by atoms with E-state index in [0.717, 1.165) is 30.2 Å². The number of anilines is 1. The molecule has 0 unspecified atom stereocenters. The minimum Gasteiger partial charge on any atom is -0.368 e. The van der Waals surface area contributed by atoms with Crippen LogP contribution in [0, 0.1) is 13.8 Å². The van der Waals surface area contributed by atoms with Gasteiger partial charge in [-0.1, -0.05) is 5.57 Å². The van der Waals surface area contributed by atoms with Crippen molar-refractivity contribution < 1.29 is 0 Å². The van der Waals surface area contributed by atoms with E-state index in [1.807, 2.05) is 20.8 Å². The van der Waals surface area contributed by atoms with Gasteiger partial charge >= 0.3 is 0 Å². The van der Waals surface area contributed by atoms with Gasteiger partial charge in [-0.2, -0.15) is 0 Å². The summed E-state index contributed by atoms with van der Waals surface area (Å²) in [6, 6.07) is 0. The molecule has 0 fully saturated rings. The van der Waals surface area contributed by atoms with Crippen LogP contribution in [0.1, 0.15) is 24.7 Å². The van der Waals surface area contributed by atoms with Gasteiger partial charge in [0.1, 0.15) is 5.82 Å². The zero-order valence-corrected chi connectivity index (χ0v) is 9.09. The summed E-state index contributed by atoms with van der Waals surface area (Å²) in [6.45, 7) is 10.7. The summed E-state index contributed by atoms with van der Waals surface area (Å²) in [6.07, 6.45) is 2.73. The molecule has 0 amide bonds. The largest absolute Gasteiger partial charge is 0.368 e. The van der Waals surface area contributed by atoms with Crippen LogP contribution in [0.3, 0.4) is 0 Å². The van der Waals surface area contributed by atoms with Crippen LogP contribution in [0.5, 0.6) is 0 Å². The average Bonchev–Trinajstić information content (AvgIpc) is 2.10. The van der Waals surface area contributed by atoms with Crippen molar-refractivity contribution in [2.45, 2.75) is 27.2 Å². The predicted octanol–water partition coefficient (Wildman–Crippen LogP) is 2.47. The lowest BCUT2D eigenvalue weighted by Crippen LogP contribution is -2.05. The fourth-order valence-corrected chi connectivity index (χ4v) is 1.03. The van der Waals surface area contributed by atoms with E-state index in [1.54, 1.807) is 6.20 Å². The van der Waals surface area contributed by atoms with Crippen LogP contribution in [0.2, 0.25) is 0 Å². The fourth-order valence-electron chi connectivity index (χ4n) is 1.03. The summed E-state index contributed by atoms with van der Waals surface area (Å²) in [5.74, 6) is 0.842. The highest BCUT2D eigenvalue weighted by Crippen LogP contribution is 2.06. The predicted molar refractivity (Wildman–Crippen MR) is 59.4 cm³/mol. The lowest BCUT2D eigenvalue weighted by atomic mass is 10.2. The molecule has 76 valence electrons. The minimum absolute atomic E-state index is 0.842. The molecule has 0 atom stereocenters. The minimum atomic E-state index is 0.842. The Labute approximate surface area is 85.3 Å². The third kappa shape index (κ3) is 3.17. The first-order chi connectivity index (χ1) is 6.59. The van der Waals surface area contributed by atoms with Crippen molar-refractivity contribution in [1.82, 2.24) is 9.97 Å². The maximum absolute atomic E-state index is 4.37. The van der Waals surface area contributed by atoms with Gasteiger partial charge < -0.3 is 5.32 Å². The van der Waals surface area contributed by atoms with E-state index in [4.69, 9.17) is 0 Å². The Bertz CT molecular complexity index is 331.